The summed E-state index contributed by atoms with van der Waals surface area (Å²) in [5.41, 5.74) is -0.0631. The van der Waals surface area contributed by atoms with Crippen molar-refractivity contribution in [1.29, 1.82) is 0 Å². The minimum atomic E-state index is -0.888. The molecule has 0 aliphatic heterocycles. The molecule has 0 aromatic carbocycles. The molecule has 1 heterocycles. The number of aliphatic carboxylic acids is 1. The van der Waals surface area contributed by atoms with Crippen LogP contribution in [-0.4, -0.2) is 32.4 Å². The van der Waals surface area contributed by atoms with Crippen molar-refractivity contribution in [1.82, 2.24) is 15.1 Å². The van der Waals surface area contributed by atoms with Gasteiger partial charge >= 0.3 is 5.97 Å². The zero-order chi connectivity index (χ0) is 13.6. The zero-order valence-electron chi connectivity index (χ0n) is 10.9. The quantitative estimate of drug-likeness (QED) is 0.836. The highest BCUT2D eigenvalue weighted by atomic mass is 35.5. The predicted octanol–water partition coefficient (Wildman–Crippen LogP) is 1.83. The summed E-state index contributed by atoms with van der Waals surface area (Å²) in [7, 11) is 0. The molecule has 0 saturated heterocycles. The molecule has 0 spiro atoms. The molecule has 1 aromatic rings. The number of hydrogen-bond acceptors (Lipinski definition) is 3. The summed E-state index contributed by atoms with van der Waals surface area (Å²) in [5, 5.41) is 17.9. The van der Waals surface area contributed by atoms with E-state index < -0.39 is 11.5 Å². The highest BCUT2D eigenvalue weighted by molar-refractivity contribution is 6.31. The number of nitrogens with one attached hydrogen (secondary N) is 1. The average Bonchev–Trinajstić information content (AvgIpc) is 3.25. The molecular weight excluding hydrogens is 266 g/mol. The van der Waals surface area contributed by atoms with Gasteiger partial charge in [0.1, 0.15) is 5.54 Å². The molecular formula is C13H18ClN3O2. The van der Waals surface area contributed by atoms with E-state index in [2.05, 4.69) is 10.4 Å². The first-order chi connectivity index (χ1) is 9.03. The number of rotatable bonds is 6. The molecule has 2 aliphatic carbocycles. The summed E-state index contributed by atoms with van der Waals surface area (Å²) < 4.78 is 1.71. The fourth-order valence-electron chi connectivity index (χ4n) is 2.58. The van der Waals surface area contributed by atoms with Crippen molar-refractivity contribution in [2.45, 2.75) is 50.7 Å². The topological polar surface area (TPSA) is 67.2 Å². The second-order valence-electron chi connectivity index (χ2n) is 5.70. The molecule has 1 unspecified atom stereocenters. The Morgan fingerprint density at radius 1 is 1.58 bits per heavy atom. The van der Waals surface area contributed by atoms with E-state index in [1.165, 1.54) is 0 Å². The van der Waals surface area contributed by atoms with E-state index in [0.29, 0.717) is 17.6 Å². The van der Waals surface area contributed by atoms with E-state index in [0.717, 1.165) is 31.4 Å². The maximum absolute atomic E-state index is 11.9. The second kappa shape index (κ2) is 4.49. The van der Waals surface area contributed by atoms with Crippen LogP contribution < -0.4 is 5.32 Å². The Balaban J connectivity index is 1.89. The van der Waals surface area contributed by atoms with Crippen LogP contribution in [0.5, 0.6) is 0 Å². The summed E-state index contributed by atoms with van der Waals surface area (Å²) in [5.74, 6) is -0.569. The van der Waals surface area contributed by atoms with Crippen LogP contribution in [0.25, 0.3) is 0 Å². The Labute approximate surface area is 116 Å². The molecule has 2 saturated carbocycles. The smallest absolute Gasteiger partial charge is 0.326 e. The molecule has 19 heavy (non-hydrogen) atoms. The van der Waals surface area contributed by atoms with E-state index in [-0.39, 0.29) is 5.92 Å². The Bertz CT molecular complexity index is 508. The fourth-order valence-corrected chi connectivity index (χ4v) is 2.73. The molecule has 1 aromatic heterocycles. The third-order valence-corrected chi connectivity index (χ3v) is 4.51. The molecule has 6 heteroatoms. The predicted molar refractivity (Wildman–Crippen MR) is 71.2 cm³/mol. The minimum absolute atomic E-state index is 0.202. The van der Waals surface area contributed by atoms with Gasteiger partial charge in [-0.1, -0.05) is 11.6 Å². The maximum Gasteiger partial charge on any atom is 0.326 e. The van der Waals surface area contributed by atoms with Gasteiger partial charge < -0.3 is 5.11 Å². The number of halogens is 1. The Morgan fingerprint density at radius 2 is 2.26 bits per heavy atom. The summed E-state index contributed by atoms with van der Waals surface area (Å²) in [6, 6.07) is 0.350. The molecule has 104 valence electrons. The van der Waals surface area contributed by atoms with E-state index >= 15 is 0 Å². The van der Waals surface area contributed by atoms with Crippen LogP contribution in [0, 0.1) is 12.8 Å². The summed E-state index contributed by atoms with van der Waals surface area (Å²) in [4.78, 5) is 11.9. The van der Waals surface area contributed by atoms with Crippen molar-refractivity contribution >= 4 is 17.6 Å². The van der Waals surface area contributed by atoms with Gasteiger partial charge in [-0.05, 0) is 38.5 Å². The van der Waals surface area contributed by atoms with Gasteiger partial charge in [0, 0.05) is 6.04 Å². The zero-order valence-corrected chi connectivity index (χ0v) is 11.7. The monoisotopic (exact) mass is 283 g/mol. The van der Waals surface area contributed by atoms with Gasteiger partial charge in [0.2, 0.25) is 0 Å². The van der Waals surface area contributed by atoms with Crippen LogP contribution in [0.1, 0.15) is 31.4 Å². The Hall–Kier alpha value is -1.07. The molecule has 0 amide bonds. The molecule has 2 aliphatic rings. The van der Waals surface area contributed by atoms with Crippen LogP contribution >= 0.6 is 11.6 Å². The first-order valence-corrected chi connectivity index (χ1v) is 7.10. The lowest BCUT2D eigenvalue weighted by atomic mass is 9.92. The number of nitrogens with zero attached hydrogens (tertiary/aromatic N) is 2. The van der Waals surface area contributed by atoms with Crippen LogP contribution in [0.4, 0.5) is 0 Å². The number of hydrogen-bond donors (Lipinski definition) is 2. The third-order valence-electron chi connectivity index (χ3n) is 4.14. The molecule has 0 bridgehead atoms. The van der Waals surface area contributed by atoms with Crippen LogP contribution in [-0.2, 0) is 11.3 Å². The van der Waals surface area contributed by atoms with E-state index in [9.17, 15) is 9.90 Å². The third kappa shape index (κ3) is 2.37. The van der Waals surface area contributed by atoms with Gasteiger partial charge in [-0.2, -0.15) is 5.10 Å². The van der Waals surface area contributed by atoms with E-state index in [1.807, 2.05) is 6.92 Å². The molecule has 5 nitrogen and oxygen atoms in total. The molecule has 1 atom stereocenters. The SMILES string of the molecule is Cc1c(Cl)cnn1CC(NC1CC1)(C(=O)O)C1CC1. The Kier molecular flexibility index (Phi) is 3.06. The highest BCUT2D eigenvalue weighted by Gasteiger charge is 2.53. The van der Waals surface area contributed by atoms with Gasteiger partial charge in [-0.3, -0.25) is 14.8 Å². The first-order valence-electron chi connectivity index (χ1n) is 6.72. The summed E-state index contributed by atoms with van der Waals surface area (Å²) >= 11 is 6.00. The van der Waals surface area contributed by atoms with Gasteiger partial charge in [-0.25, -0.2) is 0 Å². The van der Waals surface area contributed by atoms with Gasteiger partial charge in [0.15, 0.2) is 0 Å². The minimum Gasteiger partial charge on any atom is -0.480 e. The molecule has 0 radical (unpaired) electrons. The Morgan fingerprint density at radius 3 is 2.68 bits per heavy atom. The van der Waals surface area contributed by atoms with Crippen molar-refractivity contribution in [2.24, 2.45) is 5.92 Å². The van der Waals surface area contributed by atoms with Gasteiger partial charge in [0.05, 0.1) is 23.5 Å². The van der Waals surface area contributed by atoms with Crippen molar-refractivity contribution < 1.29 is 9.90 Å². The number of aromatic nitrogens is 2. The largest absolute Gasteiger partial charge is 0.480 e. The lowest BCUT2D eigenvalue weighted by Crippen LogP contribution is -2.58. The van der Waals surface area contributed by atoms with E-state index in [1.54, 1.807) is 10.9 Å². The van der Waals surface area contributed by atoms with Crippen LogP contribution in [0.3, 0.4) is 0 Å². The fraction of sp³-hybridized carbons (Fsp3) is 0.692. The average molecular weight is 284 g/mol. The van der Waals surface area contributed by atoms with Crippen LogP contribution in [0.2, 0.25) is 5.02 Å². The standard InChI is InChI=1S/C13H18ClN3O2/c1-8-11(14)6-15-17(8)7-13(12(18)19,9-2-3-9)16-10-4-5-10/h6,9-10,16H,2-5,7H2,1H3,(H,18,19). The molecule has 2 fully saturated rings. The molecule has 3 rings (SSSR count). The van der Waals surface area contributed by atoms with Crippen LogP contribution in [0.15, 0.2) is 6.20 Å². The van der Waals surface area contributed by atoms with Crippen molar-refractivity contribution in [3.63, 3.8) is 0 Å². The van der Waals surface area contributed by atoms with Crippen molar-refractivity contribution in [3.8, 4) is 0 Å². The lowest BCUT2D eigenvalue weighted by Gasteiger charge is -2.31. The highest BCUT2D eigenvalue weighted by Crippen LogP contribution is 2.43. The van der Waals surface area contributed by atoms with Gasteiger partial charge in [0.25, 0.3) is 0 Å². The maximum atomic E-state index is 11.9. The first kappa shape index (κ1) is 12.9. The lowest BCUT2D eigenvalue weighted by molar-refractivity contribution is -0.147. The second-order valence-corrected chi connectivity index (χ2v) is 6.11. The van der Waals surface area contributed by atoms with Crippen molar-refractivity contribution in [2.75, 3.05) is 0 Å². The normalized spacial score (nSPS) is 22.2. The summed E-state index contributed by atoms with van der Waals surface area (Å²) in [6.45, 7) is 2.22. The van der Waals surface area contributed by atoms with E-state index in [4.69, 9.17) is 11.6 Å². The summed E-state index contributed by atoms with van der Waals surface area (Å²) in [6.07, 6.45) is 5.66. The number of carboxylic acids is 1. The van der Waals surface area contributed by atoms with Gasteiger partial charge in [-0.15, -0.1) is 0 Å². The van der Waals surface area contributed by atoms with Crippen molar-refractivity contribution in [3.05, 3.63) is 16.9 Å². The number of carbonyl (C=O) groups is 1. The number of carboxylic acid groups (broad SMARTS) is 1. The molecule has 2 N–H and O–H groups in total.